The molecule has 86 valence electrons. The van der Waals surface area contributed by atoms with E-state index in [4.69, 9.17) is 0 Å². The Labute approximate surface area is 93.4 Å². The zero-order valence-electron chi connectivity index (χ0n) is 9.09. The summed E-state index contributed by atoms with van der Waals surface area (Å²) in [5.41, 5.74) is 0.943. The van der Waals surface area contributed by atoms with Crippen LogP contribution >= 0.6 is 0 Å². The van der Waals surface area contributed by atoms with Crippen LogP contribution in [0.4, 0.5) is 11.5 Å². The van der Waals surface area contributed by atoms with E-state index < -0.39 is 4.92 Å². The highest BCUT2D eigenvalue weighted by molar-refractivity contribution is 5.47. The lowest BCUT2D eigenvalue weighted by atomic mass is 10.2. The molecule has 0 bridgehead atoms. The summed E-state index contributed by atoms with van der Waals surface area (Å²) >= 11 is 0. The van der Waals surface area contributed by atoms with E-state index in [1.54, 1.807) is 12.3 Å². The van der Waals surface area contributed by atoms with Crippen LogP contribution in [0.2, 0.25) is 0 Å². The normalized spacial score (nSPS) is 20.8. The van der Waals surface area contributed by atoms with Gasteiger partial charge in [0.1, 0.15) is 0 Å². The number of rotatable bonds is 2. The fraction of sp³-hybridized carbons (Fsp3) is 0.500. The van der Waals surface area contributed by atoms with E-state index in [0.29, 0.717) is 6.04 Å². The van der Waals surface area contributed by atoms with Crippen LogP contribution in [0.15, 0.2) is 18.3 Å². The molecule has 1 aliphatic rings. The van der Waals surface area contributed by atoms with Gasteiger partial charge in [-0.15, -0.1) is 0 Å². The third-order valence-corrected chi connectivity index (χ3v) is 2.65. The average Bonchev–Trinajstić information content (AvgIpc) is 2.29. The topological polar surface area (TPSA) is 71.3 Å². The molecule has 2 rings (SSSR count). The maximum atomic E-state index is 10.5. The number of nitrogens with zero attached hydrogens (tertiary/aromatic N) is 3. The zero-order chi connectivity index (χ0) is 11.5. The van der Waals surface area contributed by atoms with Crippen molar-refractivity contribution in [2.24, 2.45) is 0 Å². The minimum absolute atomic E-state index is 0.105. The molecule has 1 saturated heterocycles. The molecule has 0 aliphatic carbocycles. The minimum atomic E-state index is -0.482. The van der Waals surface area contributed by atoms with E-state index >= 15 is 0 Å². The van der Waals surface area contributed by atoms with Gasteiger partial charge in [0.25, 0.3) is 0 Å². The first kappa shape index (κ1) is 10.8. The van der Waals surface area contributed by atoms with Crippen LogP contribution in [0, 0.1) is 10.1 Å². The molecular formula is C10H14N4O2. The number of anilines is 1. The monoisotopic (exact) mass is 222 g/mol. The number of aromatic nitrogens is 1. The second kappa shape index (κ2) is 4.44. The van der Waals surface area contributed by atoms with Gasteiger partial charge in [-0.1, -0.05) is 0 Å². The van der Waals surface area contributed by atoms with Crippen LogP contribution in [-0.4, -0.2) is 35.6 Å². The van der Waals surface area contributed by atoms with E-state index in [0.717, 1.165) is 25.3 Å². The Balaban J connectivity index is 2.11. The summed E-state index contributed by atoms with van der Waals surface area (Å²) in [6.45, 7) is 4.85. The first-order chi connectivity index (χ1) is 7.66. The van der Waals surface area contributed by atoms with Crippen LogP contribution in [0.1, 0.15) is 6.92 Å². The summed E-state index contributed by atoms with van der Waals surface area (Å²) in [7, 11) is 0. The number of nitro groups is 1. The zero-order valence-corrected chi connectivity index (χ0v) is 9.09. The predicted molar refractivity (Wildman–Crippen MR) is 60.6 cm³/mol. The number of nitrogens with one attached hydrogen (secondary N) is 1. The van der Waals surface area contributed by atoms with E-state index in [-0.39, 0.29) is 5.82 Å². The van der Waals surface area contributed by atoms with Gasteiger partial charge < -0.3 is 20.3 Å². The second-order valence-electron chi connectivity index (χ2n) is 3.93. The molecule has 0 radical (unpaired) electrons. The van der Waals surface area contributed by atoms with E-state index in [1.165, 1.54) is 6.07 Å². The van der Waals surface area contributed by atoms with E-state index in [2.05, 4.69) is 22.1 Å². The van der Waals surface area contributed by atoms with Gasteiger partial charge in [0, 0.05) is 31.7 Å². The number of hydrogen-bond acceptors (Lipinski definition) is 5. The summed E-state index contributed by atoms with van der Waals surface area (Å²) in [5.74, 6) is -0.105. The maximum absolute atomic E-state index is 10.5. The molecule has 0 amide bonds. The summed E-state index contributed by atoms with van der Waals surface area (Å²) in [4.78, 5) is 16.0. The van der Waals surface area contributed by atoms with Gasteiger partial charge in [0.15, 0.2) is 6.20 Å². The Morgan fingerprint density at radius 3 is 3.00 bits per heavy atom. The van der Waals surface area contributed by atoms with Crippen molar-refractivity contribution in [1.82, 2.24) is 10.3 Å². The molecule has 0 aromatic carbocycles. The molecule has 1 N–H and O–H groups in total. The van der Waals surface area contributed by atoms with Crippen molar-refractivity contribution in [2.75, 3.05) is 24.5 Å². The molecule has 0 spiro atoms. The van der Waals surface area contributed by atoms with Gasteiger partial charge >= 0.3 is 5.82 Å². The van der Waals surface area contributed by atoms with Gasteiger partial charge in [-0.3, -0.25) is 0 Å². The lowest BCUT2D eigenvalue weighted by molar-refractivity contribution is -0.389. The van der Waals surface area contributed by atoms with Crippen molar-refractivity contribution < 1.29 is 4.92 Å². The number of pyridine rings is 1. The molecule has 6 heteroatoms. The summed E-state index contributed by atoms with van der Waals surface area (Å²) in [6, 6.07) is 3.63. The lowest BCUT2D eigenvalue weighted by Gasteiger charge is -2.32. The molecule has 1 atom stereocenters. The van der Waals surface area contributed by atoms with Gasteiger partial charge in [0.2, 0.25) is 0 Å². The third kappa shape index (κ3) is 2.27. The highest BCUT2D eigenvalue weighted by Gasteiger charge is 2.17. The van der Waals surface area contributed by atoms with Crippen molar-refractivity contribution >= 4 is 11.5 Å². The lowest BCUT2D eigenvalue weighted by Crippen LogP contribution is -2.49. The van der Waals surface area contributed by atoms with Gasteiger partial charge in [0.05, 0.1) is 5.69 Å². The van der Waals surface area contributed by atoms with Crippen molar-refractivity contribution in [2.45, 2.75) is 13.0 Å². The van der Waals surface area contributed by atoms with Crippen molar-refractivity contribution in [3.63, 3.8) is 0 Å². The van der Waals surface area contributed by atoms with Crippen molar-refractivity contribution in [3.05, 3.63) is 28.4 Å². The molecule has 0 saturated carbocycles. The fourth-order valence-electron chi connectivity index (χ4n) is 1.84. The SMILES string of the molecule is CC1CN(c2ccc([N+](=O)[O-])nc2)CCN1. The Morgan fingerprint density at radius 1 is 1.62 bits per heavy atom. The Hall–Kier alpha value is -1.69. The third-order valence-electron chi connectivity index (χ3n) is 2.65. The smallest absolute Gasteiger partial charge is 0.363 e. The van der Waals surface area contributed by atoms with Crippen LogP contribution in [0.3, 0.4) is 0 Å². The van der Waals surface area contributed by atoms with Crippen LogP contribution in [-0.2, 0) is 0 Å². The molecule has 1 aromatic rings. The van der Waals surface area contributed by atoms with E-state index in [1.807, 2.05) is 0 Å². The maximum Gasteiger partial charge on any atom is 0.363 e. The quantitative estimate of drug-likeness (QED) is 0.591. The first-order valence-corrected chi connectivity index (χ1v) is 5.25. The predicted octanol–water partition coefficient (Wildman–Crippen LogP) is 0.788. The highest BCUT2D eigenvalue weighted by Crippen LogP contribution is 2.17. The summed E-state index contributed by atoms with van der Waals surface area (Å²) < 4.78 is 0. The molecule has 6 nitrogen and oxygen atoms in total. The standard InChI is InChI=1S/C10H14N4O2/c1-8-7-13(5-4-11-8)9-2-3-10(12-6-9)14(15)16/h2-3,6,8,11H,4-5,7H2,1H3. The molecule has 16 heavy (non-hydrogen) atoms. The van der Waals surface area contributed by atoms with Gasteiger partial charge in [-0.05, 0) is 22.9 Å². The van der Waals surface area contributed by atoms with Crippen LogP contribution in [0.25, 0.3) is 0 Å². The molecule has 2 heterocycles. The minimum Gasteiger partial charge on any atom is -0.366 e. The number of piperazine rings is 1. The molecule has 1 unspecified atom stereocenters. The van der Waals surface area contributed by atoms with Crippen molar-refractivity contribution in [1.29, 1.82) is 0 Å². The Kier molecular flexibility index (Phi) is 3.00. The average molecular weight is 222 g/mol. The summed E-state index contributed by atoms with van der Waals surface area (Å²) in [5, 5.41) is 13.8. The number of hydrogen-bond donors (Lipinski definition) is 1. The Bertz CT molecular complexity index is 379. The molecule has 1 aromatic heterocycles. The van der Waals surface area contributed by atoms with Gasteiger partial charge in [-0.25, -0.2) is 0 Å². The largest absolute Gasteiger partial charge is 0.366 e. The second-order valence-corrected chi connectivity index (χ2v) is 3.93. The van der Waals surface area contributed by atoms with Crippen molar-refractivity contribution in [3.8, 4) is 0 Å². The molecule has 1 fully saturated rings. The summed E-state index contributed by atoms with van der Waals surface area (Å²) in [6.07, 6.45) is 1.57. The first-order valence-electron chi connectivity index (χ1n) is 5.25. The van der Waals surface area contributed by atoms with Gasteiger partial charge in [-0.2, -0.15) is 0 Å². The highest BCUT2D eigenvalue weighted by atomic mass is 16.6. The molecule has 1 aliphatic heterocycles. The van der Waals surface area contributed by atoms with Crippen LogP contribution in [0.5, 0.6) is 0 Å². The fourth-order valence-corrected chi connectivity index (χ4v) is 1.84. The van der Waals surface area contributed by atoms with Crippen LogP contribution < -0.4 is 10.2 Å². The molecular weight excluding hydrogens is 208 g/mol. The van der Waals surface area contributed by atoms with E-state index in [9.17, 15) is 10.1 Å². The Morgan fingerprint density at radius 2 is 2.44 bits per heavy atom.